The summed E-state index contributed by atoms with van der Waals surface area (Å²) in [6.07, 6.45) is 0.640. The number of hydrogen-bond acceptors (Lipinski definition) is 7. The lowest BCUT2D eigenvalue weighted by molar-refractivity contribution is 0.452. The van der Waals surface area contributed by atoms with Crippen LogP contribution in [-0.2, 0) is 4.57 Å². The lowest BCUT2D eigenvalue weighted by Gasteiger charge is -2.21. The van der Waals surface area contributed by atoms with Gasteiger partial charge in [-0.25, -0.2) is 0 Å². The maximum Gasteiger partial charge on any atom is 0.253 e. The summed E-state index contributed by atoms with van der Waals surface area (Å²) in [6.45, 7) is 6.86. The Hall–Kier alpha value is -2.79. The quantitative estimate of drug-likeness (QED) is 0.316. The Kier molecular flexibility index (Phi) is 5.22. The molecule has 0 bridgehead atoms. The van der Waals surface area contributed by atoms with Gasteiger partial charge in [-0.1, -0.05) is 13.0 Å². The van der Waals surface area contributed by atoms with Crippen LogP contribution in [-0.4, -0.2) is 18.4 Å². The Morgan fingerprint density at radius 3 is 2.36 bits per heavy atom. The molecule has 8 heteroatoms. The van der Waals surface area contributed by atoms with Crippen molar-refractivity contribution < 1.29 is 14.1 Å². The standard InChI is InChI=1S/C20H23N2O5P/c1-5-12(14-10-9-11(2)27-14)21-16-17(20(25)19(16)24)22-13-7-6-8-15(18(13)23)28(3,4)26/h6-10,12,21-23H,5H2,1-4H3/t12-/m1/s1. The molecule has 148 valence electrons. The predicted molar refractivity (Wildman–Crippen MR) is 112 cm³/mol. The van der Waals surface area contributed by atoms with Gasteiger partial charge in [0.05, 0.1) is 17.0 Å². The number of hydrogen-bond donors (Lipinski definition) is 3. The normalized spacial score (nSPS) is 12.9. The van der Waals surface area contributed by atoms with Crippen LogP contribution in [0.4, 0.5) is 17.1 Å². The van der Waals surface area contributed by atoms with Crippen molar-refractivity contribution in [1.82, 2.24) is 0 Å². The first-order valence-electron chi connectivity index (χ1n) is 8.94. The molecule has 1 aromatic heterocycles. The van der Waals surface area contributed by atoms with Crippen molar-refractivity contribution in [2.75, 3.05) is 24.0 Å². The number of nitrogens with one attached hydrogen (secondary N) is 2. The largest absolute Gasteiger partial charge is 0.505 e. The highest BCUT2D eigenvalue weighted by Crippen LogP contribution is 2.41. The number of para-hydroxylation sites is 1. The summed E-state index contributed by atoms with van der Waals surface area (Å²) in [5.41, 5.74) is -0.864. The van der Waals surface area contributed by atoms with Crippen molar-refractivity contribution in [1.29, 1.82) is 0 Å². The van der Waals surface area contributed by atoms with Gasteiger partial charge in [0.25, 0.3) is 10.9 Å². The molecular formula is C20H23N2O5P. The summed E-state index contributed by atoms with van der Waals surface area (Å²) in [6, 6.07) is 8.15. The summed E-state index contributed by atoms with van der Waals surface area (Å²) in [5.74, 6) is 1.23. The number of rotatable bonds is 7. The van der Waals surface area contributed by atoms with E-state index >= 15 is 0 Å². The maximum absolute atomic E-state index is 12.3. The molecule has 28 heavy (non-hydrogen) atoms. The fraction of sp³-hybridized carbons (Fsp3) is 0.300. The van der Waals surface area contributed by atoms with Crippen molar-refractivity contribution in [3.63, 3.8) is 0 Å². The molecule has 0 fully saturated rings. The molecule has 2 aromatic carbocycles. The molecule has 0 aliphatic heterocycles. The van der Waals surface area contributed by atoms with Gasteiger partial charge in [-0.15, -0.1) is 0 Å². The molecule has 0 radical (unpaired) electrons. The molecule has 0 aliphatic rings. The average molecular weight is 402 g/mol. The van der Waals surface area contributed by atoms with Crippen LogP contribution >= 0.6 is 7.14 Å². The zero-order valence-electron chi connectivity index (χ0n) is 16.2. The van der Waals surface area contributed by atoms with Crippen molar-refractivity contribution in [3.8, 4) is 5.75 Å². The topological polar surface area (TPSA) is 109 Å². The average Bonchev–Trinajstić information content (AvgIpc) is 3.07. The molecular weight excluding hydrogens is 379 g/mol. The Balaban J connectivity index is 1.92. The second-order valence-electron chi connectivity index (χ2n) is 7.11. The second-order valence-corrected chi connectivity index (χ2v) is 10.3. The molecule has 0 aliphatic carbocycles. The lowest BCUT2D eigenvalue weighted by Crippen LogP contribution is -2.37. The minimum absolute atomic E-state index is 0.0706. The van der Waals surface area contributed by atoms with E-state index in [2.05, 4.69) is 10.6 Å². The summed E-state index contributed by atoms with van der Waals surface area (Å²) < 4.78 is 18.0. The van der Waals surface area contributed by atoms with Crippen LogP contribution in [0.3, 0.4) is 0 Å². The number of phenols is 1. The highest BCUT2D eigenvalue weighted by Gasteiger charge is 2.26. The molecule has 0 spiro atoms. The number of anilines is 3. The summed E-state index contributed by atoms with van der Waals surface area (Å²) in [5, 5.41) is 16.6. The number of aryl methyl sites for hydroxylation is 1. The number of aromatic hydroxyl groups is 1. The maximum atomic E-state index is 12.3. The minimum Gasteiger partial charge on any atom is -0.505 e. The number of benzene rings is 1. The Morgan fingerprint density at radius 1 is 1.11 bits per heavy atom. The molecule has 3 N–H and O–H groups in total. The first kappa shape index (κ1) is 20.0. The van der Waals surface area contributed by atoms with Crippen LogP contribution in [0.2, 0.25) is 0 Å². The summed E-state index contributed by atoms with van der Waals surface area (Å²) in [4.78, 5) is 24.2. The number of phenolic OH excluding ortho intramolecular Hbond substituents is 1. The zero-order chi connectivity index (χ0) is 20.6. The SMILES string of the molecule is CC[C@@H](Nc1c(Nc2cccc(P(C)(C)=O)c2O)c(=O)c1=O)c1ccc(C)o1. The molecule has 0 unspecified atom stereocenters. The van der Waals surface area contributed by atoms with Crippen molar-refractivity contribution in [2.24, 2.45) is 0 Å². The van der Waals surface area contributed by atoms with Crippen LogP contribution in [0, 0.1) is 6.92 Å². The van der Waals surface area contributed by atoms with Crippen molar-refractivity contribution in [2.45, 2.75) is 26.3 Å². The van der Waals surface area contributed by atoms with E-state index in [1.807, 2.05) is 26.0 Å². The monoisotopic (exact) mass is 402 g/mol. The molecule has 1 heterocycles. The fourth-order valence-corrected chi connectivity index (χ4v) is 4.11. The van der Waals surface area contributed by atoms with Gasteiger partial charge in [0, 0.05) is 0 Å². The fourth-order valence-electron chi connectivity index (χ4n) is 3.04. The zero-order valence-corrected chi connectivity index (χ0v) is 17.1. The summed E-state index contributed by atoms with van der Waals surface area (Å²) in [7, 11) is -2.71. The third-order valence-corrected chi connectivity index (χ3v) is 6.12. The lowest BCUT2D eigenvalue weighted by atomic mass is 10.1. The smallest absolute Gasteiger partial charge is 0.253 e. The molecule has 3 aromatic rings. The van der Waals surface area contributed by atoms with Gasteiger partial charge in [0.15, 0.2) is 0 Å². The van der Waals surface area contributed by atoms with Crippen LogP contribution in [0.1, 0.15) is 30.9 Å². The Morgan fingerprint density at radius 2 is 1.79 bits per heavy atom. The van der Waals surface area contributed by atoms with Crippen molar-refractivity contribution in [3.05, 3.63) is 62.3 Å². The van der Waals surface area contributed by atoms with E-state index in [1.54, 1.807) is 31.5 Å². The van der Waals surface area contributed by atoms with E-state index in [0.29, 0.717) is 17.5 Å². The van der Waals surface area contributed by atoms with E-state index in [9.17, 15) is 19.3 Å². The minimum atomic E-state index is -2.71. The van der Waals surface area contributed by atoms with E-state index in [1.165, 1.54) is 0 Å². The van der Waals surface area contributed by atoms with Crippen LogP contribution in [0.15, 0.2) is 44.3 Å². The summed E-state index contributed by atoms with van der Waals surface area (Å²) >= 11 is 0. The van der Waals surface area contributed by atoms with Gasteiger partial charge < -0.3 is 24.7 Å². The second kappa shape index (κ2) is 7.32. The molecule has 0 amide bonds. The van der Waals surface area contributed by atoms with Gasteiger partial charge in [-0.3, -0.25) is 9.59 Å². The van der Waals surface area contributed by atoms with E-state index < -0.39 is 18.0 Å². The molecule has 1 atom stereocenters. The van der Waals surface area contributed by atoms with Gasteiger partial charge in [-0.05, 0) is 50.9 Å². The van der Waals surface area contributed by atoms with Crippen LogP contribution < -0.4 is 26.8 Å². The number of furan rings is 1. The van der Waals surface area contributed by atoms with E-state index in [4.69, 9.17) is 4.42 Å². The van der Waals surface area contributed by atoms with Crippen molar-refractivity contribution >= 4 is 29.5 Å². The first-order chi connectivity index (χ1) is 13.1. The predicted octanol–water partition coefficient (Wildman–Crippen LogP) is 3.44. The first-order valence-corrected chi connectivity index (χ1v) is 11.5. The molecule has 0 saturated heterocycles. The third-order valence-electron chi connectivity index (χ3n) is 4.60. The van der Waals surface area contributed by atoms with Gasteiger partial charge in [0.2, 0.25) is 0 Å². The molecule has 3 rings (SSSR count). The van der Waals surface area contributed by atoms with Gasteiger partial charge >= 0.3 is 0 Å². The van der Waals surface area contributed by atoms with E-state index in [-0.39, 0.29) is 28.9 Å². The van der Waals surface area contributed by atoms with E-state index in [0.717, 1.165) is 5.76 Å². The van der Waals surface area contributed by atoms with Gasteiger partial charge in [-0.2, -0.15) is 0 Å². The highest BCUT2D eigenvalue weighted by molar-refractivity contribution is 7.70. The molecule has 7 nitrogen and oxygen atoms in total. The Bertz CT molecular complexity index is 1130. The Labute approximate surface area is 162 Å². The van der Waals surface area contributed by atoms with Gasteiger partial charge in [0.1, 0.15) is 35.8 Å². The third kappa shape index (κ3) is 3.62. The highest BCUT2D eigenvalue weighted by atomic mass is 31.2. The molecule has 0 saturated carbocycles. The van der Waals surface area contributed by atoms with Crippen LogP contribution in [0.25, 0.3) is 0 Å². The van der Waals surface area contributed by atoms with Crippen LogP contribution in [0.5, 0.6) is 5.75 Å².